The molecule has 1 aliphatic carbocycles. The second-order valence-electron chi connectivity index (χ2n) is 10.3. The van der Waals surface area contributed by atoms with E-state index in [1.807, 2.05) is 37.4 Å². The first kappa shape index (κ1) is 43.4. The summed E-state index contributed by atoms with van der Waals surface area (Å²) < 4.78 is 34.9. The van der Waals surface area contributed by atoms with E-state index in [4.69, 9.17) is 16.3 Å². The third-order valence-corrected chi connectivity index (χ3v) is 39.9. The average molecular weight is 834 g/mol. The van der Waals surface area contributed by atoms with E-state index in [0.29, 0.717) is 11.8 Å². The van der Waals surface area contributed by atoms with Crippen molar-refractivity contribution in [2.75, 3.05) is 14.2 Å². The Morgan fingerprint density at radius 3 is 2.26 bits per heavy atom. The number of methoxy groups -OCH3 is 1. The van der Waals surface area contributed by atoms with E-state index < -0.39 is 11.6 Å². The Balaban J connectivity index is 0.000000771. The fraction of sp³-hybridized carbons (Fsp3) is 0.333. The fourth-order valence-corrected chi connectivity index (χ4v) is 22.9. The van der Waals surface area contributed by atoms with Crippen LogP contribution in [0.25, 0.3) is 21.2 Å². The first-order valence-electron chi connectivity index (χ1n) is 14.0. The number of rotatable bonds is 9. The Bertz CT molecular complexity index is 1600. The van der Waals surface area contributed by atoms with Crippen LogP contribution in [0.5, 0.6) is 5.75 Å². The zero-order valence-corrected chi connectivity index (χ0v) is 35.0. The van der Waals surface area contributed by atoms with Crippen molar-refractivity contribution in [2.45, 2.75) is 51.7 Å². The molecule has 17 heteroatoms. The van der Waals surface area contributed by atoms with Crippen LogP contribution in [-0.4, -0.2) is 42.0 Å². The van der Waals surface area contributed by atoms with Crippen molar-refractivity contribution in [2.24, 2.45) is 0 Å². The predicted molar refractivity (Wildman–Crippen MR) is 223 cm³/mol. The molecule has 6 atom stereocenters. The molecule has 1 N–H and O–H groups in total. The zero-order chi connectivity index (χ0) is 32.7. The Morgan fingerprint density at radius 2 is 1.72 bits per heavy atom. The number of carbonyl (C=O) groups is 1. The summed E-state index contributed by atoms with van der Waals surface area (Å²) in [5.41, 5.74) is 2.80. The molecule has 0 saturated heterocycles. The molecule has 47 heavy (non-hydrogen) atoms. The molecule has 1 fully saturated rings. The molecule has 0 radical (unpaired) electrons. The average Bonchev–Trinajstić information content (AvgIpc) is 3.43. The molecular weight excluding hydrogens is 792 g/mol. The highest BCUT2D eigenvalue weighted by Gasteiger charge is 2.33. The van der Waals surface area contributed by atoms with Gasteiger partial charge < -0.3 is 15.0 Å². The molecule has 0 spiro atoms. The molecule has 6 unspecified atom stereocenters. The number of ether oxygens (including phenoxy) is 1. The van der Waals surface area contributed by atoms with Crippen molar-refractivity contribution in [3.8, 4) is 16.9 Å². The number of halogens is 4. The maximum atomic E-state index is 14.6. The second kappa shape index (κ2) is 20.9. The number of aromatic nitrogens is 1. The topological polar surface area (TPSA) is 54.5 Å². The molecule has 1 aliphatic rings. The van der Waals surface area contributed by atoms with Gasteiger partial charge in [0, 0.05) is 36.6 Å². The Labute approximate surface area is 305 Å². The summed E-state index contributed by atoms with van der Waals surface area (Å²) in [5, 5.41) is 3.24. The number of fused-ring (bicyclic) bond motifs is 1. The SMILES string of the molecule is C.CNC1CCC(N(Cc2cc(-c3ccncc3)ccc2OC)C(=O)c2sc3c(F)ccc(F)c3c2Cl)CC1.Cl.PPP(P)P(P)P. The minimum Gasteiger partial charge on any atom is -0.496 e. The lowest BCUT2D eigenvalue weighted by atomic mass is 9.89. The van der Waals surface area contributed by atoms with E-state index in [1.165, 1.54) is 0 Å². The van der Waals surface area contributed by atoms with Gasteiger partial charge in [0.1, 0.15) is 22.3 Å². The van der Waals surface area contributed by atoms with Gasteiger partial charge in [0.05, 0.1) is 22.2 Å². The number of pyridine rings is 1. The van der Waals surface area contributed by atoms with Crippen molar-refractivity contribution < 1.29 is 18.3 Å². The first-order chi connectivity index (χ1) is 21.6. The van der Waals surface area contributed by atoms with Gasteiger partial charge in [0.15, 0.2) is 0 Å². The van der Waals surface area contributed by atoms with Crippen LogP contribution in [0.15, 0.2) is 54.9 Å². The molecule has 2 aromatic carbocycles. The van der Waals surface area contributed by atoms with Crippen LogP contribution in [0.1, 0.15) is 48.3 Å². The Kier molecular flexibility index (Phi) is 19.3. The highest BCUT2D eigenvalue weighted by molar-refractivity contribution is 8.98. The molecule has 1 saturated carbocycles. The van der Waals surface area contributed by atoms with Crippen molar-refractivity contribution in [3.63, 3.8) is 0 Å². The lowest BCUT2D eigenvalue weighted by Crippen LogP contribution is -2.44. The third kappa shape index (κ3) is 11.1. The second-order valence-corrected chi connectivity index (χ2v) is 33.9. The molecule has 1 amide bonds. The molecule has 2 aromatic heterocycles. The lowest BCUT2D eigenvalue weighted by Gasteiger charge is -2.37. The number of hydrogen-bond acceptors (Lipinski definition) is 5. The lowest BCUT2D eigenvalue weighted by molar-refractivity contribution is 0.0604. The monoisotopic (exact) mass is 833 g/mol. The number of carbonyl (C=O) groups excluding carboxylic acids is 1. The van der Waals surface area contributed by atoms with E-state index in [0.717, 1.165) is 73.8 Å². The highest BCUT2D eigenvalue weighted by Crippen LogP contribution is 2.92. The smallest absolute Gasteiger partial charge is 0.266 e. The van der Waals surface area contributed by atoms with Gasteiger partial charge in [-0.05, 0) is 94.2 Å². The number of thiophene rings is 1. The molecule has 5 nitrogen and oxygen atoms in total. The number of benzene rings is 2. The van der Waals surface area contributed by atoms with Gasteiger partial charge in [-0.1, -0.05) is 33.1 Å². The molecule has 0 aliphatic heterocycles. The summed E-state index contributed by atoms with van der Waals surface area (Å²) in [6.45, 7) is 0.721. The van der Waals surface area contributed by atoms with Gasteiger partial charge in [0.2, 0.25) is 0 Å². The van der Waals surface area contributed by atoms with Crippen LogP contribution in [0.3, 0.4) is 0 Å². The molecule has 0 bridgehead atoms. The van der Waals surface area contributed by atoms with E-state index in [-0.39, 0.29) is 72.3 Å². The van der Waals surface area contributed by atoms with Gasteiger partial charge in [-0.15, -0.1) is 59.5 Å². The molecule has 2 heterocycles. The summed E-state index contributed by atoms with van der Waals surface area (Å²) in [5.74, 6) is -0.919. The summed E-state index contributed by atoms with van der Waals surface area (Å²) in [7, 11) is 16.0. The Morgan fingerprint density at radius 1 is 1.09 bits per heavy atom. The number of nitrogens with zero attached hydrogens (tertiary/aromatic N) is 2. The van der Waals surface area contributed by atoms with E-state index in [9.17, 15) is 13.6 Å². The van der Waals surface area contributed by atoms with E-state index in [2.05, 4.69) is 46.0 Å². The minimum atomic E-state index is -0.644. The Hall–Kier alpha value is 0.230. The third-order valence-electron chi connectivity index (χ3n) is 7.70. The van der Waals surface area contributed by atoms with Crippen molar-refractivity contribution in [3.05, 3.63) is 82.0 Å². The van der Waals surface area contributed by atoms with Gasteiger partial charge in [-0.2, -0.15) is 0 Å². The molecule has 4 aromatic rings. The first-order valence-corrected chi connectivity index (χ1v) is 27.1. The van der Waals surface area contributed by atoms with Crippen LogP contribution >= 0.6 is 93.0 Å². The van der Waals surface area contributed by atoms with Crippen molar-refractivity contribution in [1.82, 2.24) is 15.2 Å². The maximum Gasteiger partial charge on any atom is 0.266 e. The van der Waals surface area contributed by atoms with Crippen LogP contribution in [-0.2, 0) is 6.54 Å². The van der Waals surface area contributed by atoms with Crippen LogP contribution in [0, 0.1) is 11.6 Å². The normalized spacial score (nSPS) is 16.6. The fourth-order valence-electron chi connectivity index (χ4n) is 5.29. The van der Waals surface area contributed by atoms with Crippen molar-refractivity contribution >= 4 is 109 Å². The summed E-state index contributed by atoms with van der Waals surface area (Å²) >= 11 is 7.44. The van der Waals surface area contributed by atoms with Gasteiger partial charge in [-0.3, -0.25) is 9.78 Å². The highest BCUT2D eigenvalue weighted by atomic mass is 35.5. The van der Waals surface area contributed by atoms with E-state index >= 15 is 0 Å². The zero-order valence-electron chi connectivity index (χ0n) is 25.3. The largest absolute Gasteiger partial charge is 0.496 e. The maximum absolute atomic E-state index is 14.6. The summed E-state index contributed by atoms with van der Waals surface area (Å²) in [6, 6.07) is 12.2. The predicted octanol–water partition coefficient (Wildman–Crippen LogP) is 11.8. The van der Waals surface area contributed by atoms with Crippen LogP contribution in [0.4, 0.5) is 8.78 Å². The van der Waals surface area contributed by atoms with Gasteiger partial charge in [-0.25, -0.2) is 8.78 Å². The number of amides is 1. The quantitative estimate of drug-likeness (QED) is 0.171. The molecule has 5 rings (SSSR count). The van der Waals surface area contributed by atoms with Crippen LogP contribution < -0.4 is 10.1 Å². The summed E-state index contributed by atoms with van der Waals surface area (Å²) in [6.07, 6.45) is 6.91. The molecule has 258 valence electrons. The number of nitrogens with one attached hydrogen (secondary N) is 1. The standard InChI is InChI=1S/C29H28ClF2N3O2S.CH4.ClH.H9P7/c1-33-20-4-6-21(7-5-20)35(29(36)28-26(30)25-22(31)8-9-23(32)27(25)38-28)16-19-15-18(3-10-24(19)37-2)17-11-13-34-14-12-17;;;1-5-7(4)6(2)3/h3,8-15,20-21,33H,4-7,16H2,1-2H3;1H4;1H;5H,1-4H2. The van der Waals surface area contributed by atoms with Crippen molar-refractivity contribution in [1.29, 1.82) is 0 Å². The van der Waals surface area contributed by atoms with Gasteiger partial charge >= 0.3 is 0 Å². The van der Waals surface area contributed by atoms with E-state index in [1.54, 1.807) is 24.4 Å². The number of hydrogen-bond donors (Lipinski definition) is 1. The minimum absolute atomic E-state index is 0. The van der Waals surface area contributed by atoms with Gasteiger partial charge in [0.25, 0.3) is 5.91 Å². The molecular formula is C30H42Cl2F2N3O2P7S. The summed E-state index contributed by atoms with van der Waals surface area (Å²) in [4.78, 5) is 20.1. The van der Waals surface area contributed by atoms with Crippen LogP contribution in [0.2, 0.25) is 5.02 Å².